The van der Waals surface area contributed by atoms with Crippen molar-refractivity contribution in [1.29, 1.82) is 0 Å². The molecule has 0 spiro atoms. The highest BCUT2D eigenvalue weighted by atomic mass is 32.2. The summed E-state index contributed by atoms with van der Waals surface area (Å²) in [5.41, 5.74) is 0. The van der Waals surface area contributed by atoms with Crippen molar-refractivity contribution in [3.8, 4) is 0 Å². The van der Waals surface area contributed by atoms with Crippen LogP contribution in [-0.4, -0.2) is 46.2 Å². The lowest BCUT2D eigenvalue weighted by atomic mass is 10.1. The molecule has 3 atom stereocenters. The van der Waals surface area contributed by atoms with E-state index in [4.69, 9.17) is 0 Å². The lowest BCUT2D eigenvalue weighted by molar-refractivity contribution is 0.0725. The highest BCUT2D eigenvalue weighted by Gasteiger charge is 2.33. The minimum absolute atomic E-state index is 0.0457. The van der Waals surface area contributed by atoms with E-state index < -0.39 is 0 Å². The van der Waals surface area contributed by atoms with Crippen molar-refractivity contribution in [2.75, 3.05) is 18.8 Å². The van der Waals surface area contributed by atoms with E-state index in [9.17, 15) is 5.11 Å². The van der Waals surface area contributed by atoms with Gasteiger partial charge in [-0.3, -0.25) is 4.90 Å². The molecule has 1 N–H and O–H groups in total. The number of rotatable bonds is 2. The Morgan fingerprint density at radius 3 is 2.93 bits per heavy atom. The van der Waals surface area contributed by atoms with Gasteiger partial charge in [0.05, 0.1) is 6.10 Å². The van der Waals surface area contributed by atoms with Crippen molar-refractivity contribution in [3.05, 3.63) is 0 Å². The predicted molar refractivity (Wildman–Crippen MR) is 61.8 cm³/mol. The molecule has 0 aromatic carbocycles. The van der Waals surface area contributed by atoms with Crippen LogP contribution in [0.5, 0.6) is 0 Å². The predicted octanol–water partition coefficient (Wildman–Crippen LogP) is 1.73. The molecule has 0 amide bonds. The second kappa shape index (κ2) is 4.86. The zero-order chi connectivity index (χ0) is 9.97. The second-order valence-electron chi connectivity index (χ2n) is 4.46. The van der Waals surface area contributed by atoms with Gasteiger partial charge < -0.3 is 5.11 Å². The van der Waals surface area contributed by atoms with Crippen LogP contribution in [0.1, 0.15) is 32.6 Å². The van der Waals surface area contributed by atoms with Crippen molar-refractivity contribution >= 4 is 11.8 Å². The molecule has 1 saturated carbocycles. The maximum atomic E-state index is 9.85. The van der Waals surface area contributed by atoms with E-state index in [1.807, 2.05) is 0 Å². The molecule has 1 heterocycles. The van der Waals surface area contributed by atoms with Gasteiger partial charge in [-0.2, -0.15) is 11.8 Å². The average molecular weight is 215 g/mol. The van der Waals surface area contributed by atoms with E-state index >= 15 is 0 Å². The van der Waals surface area contributed by atoms with Crippen LogP contribution >= 0.6 is 11.8 Å². The lowest BCUT2D eigenvalue weighted by Gasteiger charge is -2.37. The molecule has 1 aliphatic heterocycles. The Bertz CT molecular complexity index is 188. The third-order valence-corrected chi connectivity index (χ3v) is 4.91. The molecule has 1 saturated heterocycles. The van der Waals surface area contributed by atoms with Gasteiger partial charge in [0.15, 0.2) is 0 Å². The Balaban J connectivity index is 1.90. The van der Waals surface area contributed by atoms with Gasteiger partial charge in [0.2, 0.25) is 0 Å². The van der Waals surface area contributed by atoms with E-state index in [0.717, 1.165) is 11.7 Å². The van der Waals surface area contributed by atoms with Gasteiger partial charge in [0.25, 0.3) is 0 Å². The van der Waals surface area contributed by atoms with Crippen LogP contribution in [0.25, 0.3) is 0 Å². The normalized spacial score (nSPS) is 40.3. The zero-order valence-corrected chi connectivity index (χ0v) is 9.80. The maximum absolute atomic E-state index is 9.85. The monoisotopic (exact) mass is 215 g/mol. The highest BCUT2D eigenvalue weighted by Crippen LogP contribution is 2.29. The fourth-order valence-electron chi connectivity index (χ4n) is 2.64. The molecular formula is C11H21NOS. The Hall–Kier alpha value is 0.270. The summed E-state index contributed by atoms with van der Waals surface area (Å²) < 4.78 is 0. The zero-order valence-electron chi connectivity index (χ0n) is 8.98. The van der Waals surface area contributed by atoms with E-state index in [2.05, 4.69) is 23.6 Å². The number of thioether (sulfide) groups is 1. The van der Waals surface area contributed by atoms with Crippen molar-refractivity contribution < 1.29 is 5.11 Å². The summed E-state index contributed by atoms with van der Waals surface area (Å²) in [7, 11) is 0. The minimum Gasteiger partial charge on any atom is -0.391 e. The van der Waals surface area contributed by atoms with Gasteiger partial charge in [-0.25, -0.2) is 0 Å². The van der Waals surface area contributed by atoms with Gasteiger partial charge in [-0.05, 0) is 25.7 Å². The molecule has 2 aliphatic rings. The maximum Gasteiger partial charge on any atom is 0.0695 e. The smallest absolute Gasteiger partial charge is 0.0695 e. The minimum atomic E-state index is -0.0457. The number of aliphatic hydroxyl groups excluding tert-OH is 1. The van der Waals surface area contributed by atoms with Gasteiger partial charge >= 0.3 is 0 Å². The summed E-state index contributed by atoms with van der Waals surface area (Å²) in [5.74, 6) is 1.25. The molecule has 3 heteroatoms. The second-order valence-corrected chi connectivity index (χ2v) is 5.87. The third kappa shape index (κ3) is 2.26. The van der Waals surface area contributed by atoms with Crippen molar-refractivity contribution in [2.24, 2.45) is 0 Å². The first-order chi connectivity index (χ1) is 6.81. The standard InChI is InChI=1S/C11H21NOS/c1-2-9-8-12(6-7-14-9)10-4-3-5-11(10)13/h9-11,13H,2-8H2,1H3/t9?,10-,11-/m0/s1. The molecule has 2 fully saturated rings. The first kappa shape index (κ1) is 10.8. The van der Waals surface area contributed by atoms with Gasteiger partial charge in [0, 0.05) is 30.1 Å². The van der Waals surface area contributed by atoms with Crippen molar-refractivity contribution in [2.45, 2.75) is 50.0 Å². The molecule has 0 aromatic heterocycles. The summed E-state index contributed by atoms with van der Waals surface area (Å²) >= 11 is 2.10. The first-order valence-corrected chi connectivity index (χ1v) is 6.90. The number of hydrogen-bond donors (Lipinski definition) is 1. The van der Waals surface area contributed by atoms with E-state index in [0.29, 0.717) is 6.04 Å². The molecule has 1 aliphatic carbocycles. The summed E-state index contributed by atoms with van der Waals surface area (Å²) in [6.45, 7) is 4.65. The quantitative estimate of drug-likeness (QED) is 0.759. The summed E-state index contributed by atoms with van der Waals surface area (Å²) in [6, 6.07) is 0.477. The largest absolute Gasteiger partial charge is 0.391 e. The molecule has 2 rings (SSSR count). The SMILES string of the molecule is CCC1CN([C@H]2CCC[C@@H]2O)CCS1. The average Bonchev–Trinajstić information content (AvgIpc) is 2.65. The van der Waals surface area contributed by atoms with Crippen LogP contribution in [0.15, 0.2) is 0 Å². The van der Waals surface area contributed by atoms with Crippen LogP contribution in [0.2, 0.25) is 0 Å². The molecule has 14 heavy (non-hydrogen) atoms. The Kier molecular flexibility index (Phi) is 3.74. The molecule has 2 nitrogen and oxygen atoms in total. The summed E-state index contributed by atoms with van der Waals surface area (Å²) in [6.07, 6.45) is 4.67. The Labute approximate surface area is 91.1 Å². The molecule has 1 unspecified atom stereocenters. The summed E-state index contributed by atoms with van der Waals surface area (Å²) in [4.78, 5) is 2.53. The van der Waals surface area contributed by atoms with Gasteiger partial charge in [-0.1, -0.05) is 6.92 Å². The van der Waals surface area contributed by atoms with Crippen LogP contribution in [0.3, 0.4) is 0 Å². The fraction of sp³-hybridized carbons (Fsp3) is 1.00. The topological polar surface area (TPSA) is 23.5 Å². The number of hydrogen-bond acceptors (Lipinski definition) is 3. The van der Waals surface area contributed by atoms with Crippen LogP contribution in [0.4, 0.5) is 0 Å². The number of aliphatic hydroxyl groups is 1. The van der Waals surface area contributed by atoms with Crippen LogP contribution < -0.4 is 0 Å². The van der Waals surface area contributed by atoms with E-state index in [1.165, 1.54) is 38.1 Å². The van der Waals surface area contributed by atoms with Crippen LogP contribution in [0, 0.1) is 0 Å². The Morgan fingerprint density at radius 1 is 1.43 bits per heavy atom. The fourth-order valence-corrected chi connectivity index (χ4v) is 3.84. The molecular weight excluding hydrogens is 194 g/mol. The van der Waals surface area contributed by atoms with E-state index in [1.54, 1.807) is 0 Å². The highest BCUT2D eigenvalue weighted by molar-refractivity contribution is 8.00. The third-order valence-electron chi connectivity index (χ3n) is 3.54. The van der Waals surface area contributed by atoms with E-state index in [-0.39, 0.29) is 6.10 Å². The number of nitrogens with zero attached hydrogens (tertiary/aromatic N) is 1. The molecule has 0 bridgehead atoms. The van der Waals surface area contributed by atoms with Gasteiger partial charge in [0.1, 0.15) is 0 Å². The van der Waals surface area contributed by atoms with Crippen LogP contribution in [-0.2, 0) is 0 Å². The molecule has 82 valence electrons. The van der Waals surface area contributed by atoms with Crippen molar-refractivity contribution in [3.63, 3.8) is 0 Å². The summed E-state index contributed by atoms with van der Waals surface area (Å²) in [5, 5.41) is 10.7. The van der Waals surface area contributed by atoms with Gasteiger partial charge in [-0.15, -0.1) is 0 Å². The first-order valence-electron chi connectivity index (χ1n) is 5.85. The lowest BCUT2D eigenvalue weighted by Crippen LogP contribution is -2.47. The molecule has 0 radical (unpaired) electrons. The molecule has 0 aromatic rings. The Morgan fingerprint density at radius 2 is 2.29 bits per heavy atom. The van der Waals surface area contributed by atoms with Crippen molar-refractivity contribution in [1.82, 2.24) is 4.90 Å².